The van der Waals surface area contributed by atoms with E-state index in [0.717, 1.165) is 28.1 Å². The largest absolute Gasteiger partial charge is 0.309 e. The zero-order valence-electron chi connectivity index (χ0n) is 31.9. The van der Waals surface area contributed by atoms with Crippen molar-refractivity contribution in [3.8, 4) is 45.0 Å². The molecule has 0 fully saturated rings. The molecule has 3 nitrogen and oxygen atoms in total. The summed E-state index contributed by atoms with van der Waals surface area (Å²) in [7, 11) is 0. The van der Waals surface area contributed by atoms with E-state index in [1.165, 1.54) is 82.8 Å². The fraction of sp³-hybridized carbons (Fsp3) is 0.113. The van der Waals surface area contributed by atoms with Gasteiger partial charge in [0.2, 0.25) is 0 Å². The van der Waals surface area contributed by atoms with Crippen LogP contribution in [0.2, 0.25) is 0 Å². The van der Waals surface area contributed by atoms with Crippen molar-refractivity contribution in [3.05, 3.63) is 186 Å². The summed E-state index contributed by atoms with van der Waals surface area (Å²) in [6.07, 6.45) is 0. The number of hydrogen-bond donors (Lipinski definition) is 0. The van der Waals surface area contributed by atoms with Crippen LogP contribution in [-0.2, 0) is 10.8 Å². The van der Waals surface area contributed by atoms with Gasteiger partial charge in [-0.1, -0.05) is 149 Å². The Labute approximate surface area is 326 Å². The Morgan fingerprint density at radius 1 is 0.357 bits per heavy atom. The average Bonchev–Trinajstić information content (AvgIpc) is 3.76. The Balaban J connectivity index is 1.12. The Morgan fingerprint density at radius 2 is 0.839 bits per heavy atom. The summed E-state index contributed by atoms with van der Waals surface area (Å²) in [5.74, 6) is 0. The number of fused-ring (bicyclic) bond motifs is 10. The van der Waals surface area contributed by atoms with E-state index in [2.05, 4.69) is 201 Å². The van der Waals surface area contributed by atoms with Gasteiger partial charge in [-0.25, -0.2) is 4.98 Å². The molecule has 0 spiro atoms. The van der Waals surface area contributed by atoms with Crippen LogP contribution in [0.3, 0.4) is 0 Å². The molecule has 0 aliphatic carbocycles. The van der Waals surface area contributed by atoms with Crippen molar-refractivity contribution in [1.82, 2.24) is 14.1 Å². The Hall–Kier alpha value is -6.71. The first-order valence-electron chi connectivity index (χ1n) is 19.7. The first-order chi connectivity index (χ1) is 27.3. The van der Waals surface area contributed by atoms with E-state index in [1.807, 2.05) is 0 Å². The van der Waals surface area contributed by atoms with E-state index < -0.39 is 0 Å². The number of nitrogens with zero attached hydrogens (tertiary/aromatic N) is 3. The molecule has 0 radical (unpaired) electrons. The maximum Gasteiger partial charge on any atom is 0.0715 e. The summed E-state index contributed by atoms with van der Waals surface area (Å²) in [5, 5.41) is 5.20. The third-order valence-corrected chi connectivity index (χ3v) is 13.1. The van der Waals surface area contributed by atoms with Gasteiger partial charge in [0.15, 0.2) is 0 Å². The molecule has 2 aliphatic rings. The molecule has 5 heterocycles. The maximum absolute atomic E-state index is 5.17. The molecule has 56 heavy (non-hydrogen) atoms. The minimum Gasteiger partial charge on any atom is -0.309 e. The van der Waals surface area contributed by atoms with Gasteiger partial charge in [-0.15, -0.1) is 0 Å². The van der Waals surface area contributed by atoms with Crippen LogP contribution < -0.4 is 0 Å². The van der Waals surface area contributed by atoms with E-state index in [-0.39, 0.29) is 10.8 Å². The summed E-state index contributed by atoms with van der Waals surface area (Å²) in [6.45, 7) is 9.65. The normalized spacial score (nSPS) is 14.7. The molecule has 0 atom stereocenters. The fourth-order valence-electron chi connectivity index (χ4n) is 10.2. The highest BCUT2D eigenvalue weighted by Crippen LogP contribution is 2.53. The number of hydrogen-bond acceptors (Lipinski definition) is 1. The summed E-state index contributed by atoms with van der Waals surface area (Å²) in [5.41, 5.74) is 19.3. The van der Waals surface area contributed by atoms with Crippen molar-refractivity contribution in [2.24, 2.45) is 0 Å². The van der Waals surface area contributed by atoms with Crippen LogP contribution in [0.1, 0.15) is 49.9 Å². The number of para-hydroxylation sites is 3. The third kappa shape index (κ3) is 4.10. The first-order valence-corrected chi connectivity index (χ1v) is 19.7. The predicted octanol–water partition coefficient (Wildman–Crippen LogP) is 13.6. The molecular weight excluding hydrogens is 679 g/mol. The summed E-state index contributed by atoms with van der Waals surface area (Å²) in [4.78, 5) is 5.17. The molecule has 10 aromatic rings. The minimum absolute atomic E-state index is 0.196. The maximum atomic E-state index is 5.17. The van der Waals surface area contributed by atoms with Crippen molar-refractivity contribution in [3.63, 3.8) is 0 Å². The fourth-order valence-corrected chi connectivity index (χ4v) is 10.2. The molecule has 266 valence electrons. The molecular formula is C53H39N3. The van der Waals surface area contributed by atoms with E-state index in [1.54, 1.807) is 0 Å². The van der Waals surface area contributed by atoms with Gasteiger partial charge in [0, 0.05) is 43.5 Å². The van der Waals surface area contributed by atoms with Gasteiger partial charge in [-0.3, -0.25) is 0 Å². The number of aromatic nitrogens is 3. The highest BCUT2D eigenvalue weighted by molar-refractivity contribution is 6.14. The molecule has 0 bridgehead atoms. The van der Waals surface area contributed by atoms with Gasteiger partial charge < -0.3 is 9.13 Å². The Morgan fingerprint density at radius 3 is 1.41 bits per heavy atom. The van der Waals surface area contributed by atoms with Crippen molar-refractivity contribution in [2.75, 3.05) is 0 Å². The highest BCUT2D eigenvalue weighted by atomic mass is 15.0. The van der Waals surface area contributed by atoms with E-state index in [9.17, 15) is 0 Å². The molecule has 0 saturated heterocycles. The summed E-state index contributed by atoms with van der Waals surface area (Å²) in [6, 6.07) is 60.4. The Bertz CT molecular complexity index is 3230. The lowest BCUT2D eigenvalue weighted by Crippen LogP contribution is -2.31. The molecule has 2 aliphatic heterocycles. The van der Waals surface area contributed by atoms with Crippen molar-refractivity contribution in [1.29, 1.82) is 0 Å². The first kappa shape index (κ1) is 31.6. The second kappa shape index (κ2) is 11.0. The second-order valence-corrected chi connectivity index (χ2v) is 16.8. The van der Waals surface area contributed by atoms with Crippen molar-refractivity contribution in [2.45, 2.75) is 38.5 Å². The van der Waals surface area contributed by atoms with Gasteiger partial charge in [-0.05, 0) is 75.8 Å². The van der Waals surface area contributed by atoms with Gasteiger partial charge >= 0.3 is 0 Å². The van der Waals surface area contributed by atoms with Gasteiger partial charge in [0.25, 0.3) is 0 Å². The monoisotopic (exact) mass is 717 g/mol. The van der Waals surface area contributed by atoms with E-state index in [4.69, 9.17) is 4.98 Å². The lowest BCUT2D eigenvalue weighted by Gasteiger charge is -2.40. The van der Waals surface area contributed by atoms with Crippen molar-refractivity contribution < 1.29 is 0 Å². The number of benzene rings is 7. The zero-order chi connectivity index (χ0) is 37.5. The van der Waals surface area contributed by atoms with Crippen LogP contribution in [-0.4, -0.2) is 14.1 Å². The molecule has 0 saturated carbocycles. The smallest absolute Gasteiger partial charge is 0.0715 e. The van der Waals surface area contributed by atoms with E-state index >= 15 is 0 Å². The minimum atomic E-state index is -0.222. The second-order valence-electron chi connectivity index (χ2n) is 16.8. The number of pyridine rings is 1. The standard InChI is InChI=1S/C53H39N3/c1-52(2)40-22-13-20-37-36-19-11-12-24-46(36)55(50(37)40)48-30-43-49(31-42(48)52)56-47-26-25-34(27-39(47)38-21-14-23-41(51(38)56)53(43,3)4)35-28-44(32-15-7-5-8-16-32)54-45(29-35)33-17-9-6-10-18-33/h5-31H,1-4H3. The van der Waals surface area contributed by atoms with Crippen LogP contribution in [0.5, 0.6) is 0 Å². The zero-order valence-corrected chi connectivity index (χ0v) is 31.9. The van der Waals surface area contributed by atoms with Crippen LogP contribution >= 0.6 is 0 Å². The van der Waals surface area contributed by atoms with Gasteiger partial charge in [0.05, 0.1) is 44.8 Å². The summed E-state index contributed by atoms with van der Waals surface area (Å²) < 4.78 is 5.12. The van der Waals surface area contributed by atoms with Crippen molar-refractivity contribution >= 4 is 43.6 Å². The topological polar surface area (TPSA) is 22.8 Å². The van der Waals surface area contributed by atoms with Gasteiger partial charge in [-0.2, -0.15) is 0 Å². The highest BCUT2D eigenvalue weighted by Gasteiger charge is 2.41. The molecule has 0 amide bonds. The third-order valence-electron chi connectivity index (χ3n) is 13.1. The quantitative estimate of drug-likeness (QED) is 0.178. The molecule has 12 rings (SSSR count). The molecule has 3 heteroatoms. The predicted molar refractivity (Wildman–Crippen MR) is 233 cm³/mol. The van der Waals surface area contributed by atoms with Crippen LogP contribution in [0.15, 0.2) is 164 Å². The van der Waals surface area contributed by atoms with Crippen LogP contribution in [0.25, 0.3) is 88.6 Å². The summed E-state index contributed by atoms with van der Waals surface area (Å²) >= 11 is 0. The lowest BCUT2D eigenvalue weighted by molar-refractivity contribution is 0.610. The number of rotatable bonds is 3. The molecule has 0 N–H and O–H groups in total. The Kier molecular flexibility index (Phi) is 6.19. The lowest BCUT2D eigenvalue weighted by atomic mass is 9.70. The van der Waals surface area contributed by atoms with E-state index in [0.29, 0.717) is 0 Å². The van der Waals surface area contributed by atoms with Crippen LogP contribution in [0, 0.1) is 0 Å². The molecule has 0 unspecified atom stereocenters. The molecule has 7 aromatic carbocycles. The van der Waals surface area contributed by atoms with Gasteiger partial charge in [0.1, 0.15) is 0 Å². The SMILES string of the molecule is CC1(C)c2cc3c(cc2-n2c4ccccc4c4cccc1c42)C(C)(C)c1cccc2c4cc(-c5cc(-c6ccccc6)nc(-c6ccccc6)c5)ccc4n-3c12. The van der Waals surface area contributed by atoms with Crippen LogP contribution in [0.4, 0.5) is 0 Å². The average molecular weight is 718 g/mol. The molecule has 3 aromatic heterocycles.